The summed E-state index contributed by atoms with van der Waals surface area (Å²) in [6.07, 6.45) is 0. The summed E-state index contributed by atoms with van der Waals surface area (Å²) in [5.74, 6) is 0.0131. The number of hydrogen-bond donors (Lipinski definition) is 2. The van der Waals surface area contributed by atoms with Crippen LogP contribution >= 0.6 is 11.6 Å². The van der Waals surface area contributed by atoms with E-state index >= 15 is 0 Å². The normalized spacial score (nSPS) is 18.3. The fourth-order valence-electron chi connectivity index (χ4n) is 2.05. The minimum atomic E-state index is -0.119. The molecule has 1 aliphatic rings. The summed E-state index contributed by atoms with van der Waals surface area (Å²) >= 11 is 5.89. The van der Waals surface area contributed by atoms with Crippen LogP contribution in [0.3, 0.4) is 0 Å². The van der Waals surface area contributed by atoms with Gasteiger partial charge in [-0.2, -0.15) is 0 Å². The maximum Gasteiger partial charge on any atom is 0.241 e. The van der Waals surface area contributed by atoms with Crippen LogP contribution in [0.4, 0.5) is 5.69 Å². The van der Waals surface area contributed by atoms with Crippen molar-refractivity contribution in [2.45, 2.75) is 13.0 Å². The molecule has 0 radical (unpaired) electrons. The van der Waals surface area contributed by atoms with Crippen LogP contribution in [0.1, 0.15) is 6.92 Å². The third-order valence-corrected chi connectivity index (χ3v) is 3.41. The molecule has 0 aromatic heterocycles. The molecule has 5 heteroatoms. The molecule has 0 aliphatic carbocycles. The Labute approximate surface area is 112 Å². The second-order valence-electron chi connectivity index (χ2n) is 4.46. The summed E-state index contributed by atoms with van der Waals surface area (Å²) in [6, 6.07) is 7.09. The van der Waals surface area contributed by atoms with E-state index in [-0.39, 0.29) is 11.9 Å². The predicted molar refractivity (Wildman–Crippen MR) is 74.0 cm³/mol. The minimum Gasteiger partial charge on any atom is -0.325 e. The first-order valence-corrected chi connectivity index (χ1v) is 6.56. The van der Waals surface area contributed by atoms with Crippen molar-refractivity contribution in [3.63, 3.8) is 0 Å². The molecule has 1 amide bonds. The van der Waals surface area contributed by atoms with Crippen molar-refractivity contribution in [2.24, 2.45) is 0 Å². The first-order chi connectivity index (χ1) is 8.66. The average molecular weight is 268 g/mol. The number of hydrogen-bond acceptors (Lipinski definition) is 3. The van der Waals surface area contributed by atoms with Crippen LogP contribution in [0.5, 0.6) is 0 Å². The van der Waals surface area contributed by atoms with Crippen LogP contribution in [0, 0.1) is 0 Å². The molecule has 2 N–H and O–H groups in total. The molecule has 2 rings (SSSR count). The highest BCUT2D eigenvalue weighted by Crippen LogP contribution is 2.15. The number of rotatable bonds is 3. The van der Waals surface area contributed by atoms with Crippen molar-refractivity contribution in [1.82, 2.24) is 10.2 Å². The van der Waals surface area contributed by atoms with Gasteiger partial charge in [-0.1, -0.05) is 17.7 Å². The topological polar surface area (TPSA) is 44.4 Å². The summed E-state index contributed by atoms with van der Waals surface area (Å²) in [7, 11) is 0. The summed E-state index contributed by atoms with van der Waals surface area (Å²) in [6.45, 7) is 5.63. The van der Waals surface area contributed by atoms with Crippen LogP contribution in [-0.4, -0.2) is 43.0 Å². The number of nitrogens with zero attached hydrogens (tertiary/aromatic N) is 1. The van der Waals surface area contributed by atoms with E-state index in [1.807, 2.05) is 19.1 Å². The Kier molecular flexibility index (Phi) is 4.58. The monoisotopic (exact) mass is 267 g/mol. The summed E-state index contributed by atoms with van der Waals surface area (Å²) in [4.78, 5) is 14.3. The van der Waals surface area contributed by atoms with Crippen molar-refractivity contribution in [3.05, 3.63) is 29.3 Å². The Morgan fingerprint density at radius 2 is 2.17 bits per heavy atom. The van der Waals surface area contributed by atoms with Gasteiger partial charge < -0.3 is 10.6 Å². The Morgan fingerprint density at radius 3 is 2.83 bits per heavy atom. The summed E-state index contributed by atoms with van der Waals surface area (Å²) in [5, 5.41) is 6.80. The molecule has 1 aromatic carbocycles. The second kappa shape index (κ2) is 6.18. The van der Waals surface area contributed by atoms with Gasteiger partial charge in [0.05, 0.1) is 6.04 Å². The molecule has 4 nitrogen and oxygen atoms in total. The third kappa shape index (κ3) is 3.45. The molecular weight excluding hydrogens is 250 g/mol. The third-order valence-electron chi connectivity index (χ3n) is 3.17. The van der Waals surface area contributed by atoms with E-state index in [2.05, 4.69) is 15.5 Å². The first kappa shape index (κ1) is 13.3. The van der Waals surface area contributed by atoms with Gasteiger partial charge >= 0.3 is 0 Å². The Morgan fingerprint density at radius 1 is 1.44 bits per heavy atom. The van der Waals surface area contributed by atoms with Crippen molar-refractivity contribution in [3.8, 4) is 0 Å². The number of benzene rings is 1. The molecular formula is C13H18ClN3O. The van der Waals surface area contributed by atoms with Crippen LogP contribution in [0.2, 0.25) is 5.02 Å². The lowest BCUT2D eigenvalue weighted by Gasteiger charge is -2.31. The first-order valence-electron chi connectivity index (χ1n) is 6.18. The lowest BCUT2D eigenvalue weighted by Crippen LogP contribution is -2.51. The molecule has 1 aromatic rings. The molecule has 1 heterocycles. The molecule has 0 saturated carbocycles. The molecule has 18 heavy (non-hydrogen) atoms. The van der Waals surface area contributed by atoms with Crippen molar-refractivity contribution >= 4 is 23.2 Å². The highest BCUT2D eigenvalue weighted by molar-refractivity contribution is 6.30. The van der Waals surface area contributed by atoms with Crippen molar-refractivity contribution in [2.75, 3.05) is 31.5 Å². The summed E-state index contributed by atoms with van der Waals surface area (Å²) < 4.78 is 0. The SMILES string of the molecule is CC(C(=O)Nc1cccc(Cl)c1)N1CCNCC1. The maximum absolute atomic E-state index is 12.1. The second-order valence-corrected chi connectivity index (χ2v) is 4.90. The fourth-order valence-corrected chi connectivity index (χ4v) is 2.24. The van der Waals surface area contributed by atoms with Gasteiger partial charge in [-0.25, -0.2) is 0 Å². The Balaban J connectivity index is 1.94. The zero-order valence-electron chi connectivity index (χ0n) is 10.4. The van der Waals surface area contributed by atoms with Gasteiger partial charge in [0.1, 0.15) is 0 Å². The molecule has 98 valence electrons. The highest BCUT2D eigenvalue weighted by Gasteiger charge is 2.22. The van der Waals surface area contributed by atoms with E-state index in [0.29, 0.717) is 5.02 Å². The number of piperazine rings is 1. The predicted octanol–water partition coefficient (Wildman–Crippen LogP) is 1.57. The zero-order chi connectivity index (χ0) is 13.0. The van der Waals surface area contributed by atoms with Crippen molar-refractivity contribution < 1.29 is 4.79 Å². The number of nitrogens with one attached hydrogen (secondary N) is 2. The maximum atomic E-state index is 12.1. The van der Waals surface area contributed by atoms with E-state index in [1.165, 1.54) is 0 Å². The van der Waals surface area contributed by atoms with E-state index in [1.54, 1.807) is 12.1 Å². The summed E-state index contributed by atoms with van der Waals surface area (Å²) in [5.41, 5.74) is 0.745. The number of anilines is 1. The molecule has 1 atom stereocenters. The molecule has 1 saturated heterocycles. The van der Waals surface area contributed by atoms with Crippen molar-refractivity contribution in [1.29, 1.82) is 0 Å². The lowest BCUT2D eigenvalue weighted by molar-refractivity contribution is -0.120. The minimum absolute atomic E-state index is 0.0131. The number of amides is 1. The molecule has 1 aliphatic heterocycles. The lowest BCUT2D eigenvalue weighted by atomic mass is 10.2. The van der Waals surface area contributed by atoms with E-state index < -0.39 is 0 Å². The van der Waals surface area contributed by atoms with Gasteiger partial charge in [-0.05, 0) is 25.1 Å². The van der Waals surface area contributed by atoms with Gasteiger partial charge in [0.15, 0.2) is 0 Å². The number of carbonyl (C=O) groups excluding carboxylic acids is 1. The van der Waals surface area contributed by atoms with Gasteiger partial charge in [-0.15, -0.1) is 0 Å². The largest absolute Gasteiger partial charge is 0.325 e. The fraction of sp³-hybridized carbons (Fsp3) is 0.462. The number of carbonyl (C=O) groups is 1. The van der Waals surface area contributed by atoms with Gasteiger partial charge in [-0.3, -0.25) is 9.69 Å². The van der Waals surface area contributed by atoms with Gasteiger partial charge in [0.25, 0.3) is 0 Å². The van der Waals surface area contributed by atoms with Crippen LogP contribution in [0.25, 0.3) is 0 Å². The smallest absolute Gasteiger partial charge is 0.241 e. The van der Waals surface area contributed by atoms with E-state index in [9.17, 15) is 4.79 Å². The van der Waals surface area contributed by atoms with Gasteiger partial charge in [0.2, 0.25) is 5.91 Å². The molecule has 0 spiro atoms. The zero-order valence-corrected chi connectivity index (χ0v) is 11.2. The molecule has 1 fully saturated rings. The van der Waals surface area contributed by atoms with Crippen LogP contribution < -0.4 is 10.6 Å². The van der Waals surface area contributed by atoms with Crippen LogP contribution in [-0.2, 0) is 4.79 Å². The quantitative estimate of drug-likeness (QED) is 0.874. The standard InChI is InChI=1S/C13H18ClN3O/c1-10(17-7-5-15-6-8-17)13(18)16-12-4-2-3-11(14)9-12/h2-4,9-10,15H,5-8H2,1H3,(H,16,18). The average Bonchev–Trinajstić information content (AvgIpc) is 2.39. The van der Waals surface area contributed by atoms with Gasteiger partial charge in [0, 0.05) is 36.9 Å². The highest BCUT2D eigenvalue weighted by atomic mass is 35.5. The Bertz CT molecular complexity index is 418. The van der Waals surface area contributed by atoms with E-state index in [4.69, 9.17) is 11.6 Å². The number of halogens is 1. The van der Waals surface area contributed by atoms with E-state index in [0.717, 1.165) is 31.9 Å². The molecule has 0 bridgehead atoms. The van der Waals surface area contributed by atoms with Crippen LogP contribution in [0.15, 0.2) is 24.3 Å². The Hall–Kier alpha value is -1.10. The molecule has 1 unspecified atom stereocenters.